The number of nitrogens with zero attached hydrogens (tertiary/aromatic N) is 1. The number of para-hydroxylation sites is 1. The fourth-order valence-electron chi connectivity index (χ4n) is 4.38. The topological polar surface area (TPSA) is 33.7 Å². The summed E-state index contributed by atoms with van der Waals surface area (Å²) in [5.74, 6) is 0.872. The molecule has 138 valence electrons. The molecule has 0 radical (unpaired) electrons. The van der Waals surface area contributed by atoms with Crippen LogP contribution in [0.4, 0.5) is 5.69 Å². The lowest BCUT2D eigenvalue weighted by Crippen LogP contribution is -2.33. The second-order valence-electron chi connectivity index (χ2n) is 7.23. The van der Waals surface area contributed by atoms with E-state index in [1.54, 1.807) is 14.2 Å². The second kappa shape index (κ2) is 7.29. The maximum atomic E-state index is 5.66. The minimum atomic E-state index is 0.0129. The molecule has 2 aromatic carbocycles. The Morgan fingerprint density at radius 2 is 2.00 bits per heavy atom. The van der Waals surface area contributed by atoms with Crippen molar-refractivity contribution in [3.05, 3.63) is 47.5 Å². The van der Waals surface area contributed by atoms with E-state index in [9.17, 15) is 0 Å². The van der Waals surface area contributed by atoms with Gasteiger partial charge in [0, 0.05) is 37.5 Å². The molecule has 4 heteroatoms. The number of rotatable bonds is 4. The Hall–Kier alpha value is -2.04. The normalized spacial score (nSPS) is 20.3. The zero-order chi connectivity index (χ0) is 18.1. The zero-order valence-corrected chi connectivity index (χ0v) is 15.9. The Labute approximate surface area is 156 Å². The molecule has 0 spiro atoms. The fourth-order valence-corrected chi connectivity index (χ4v) is 4.38. The summed E-state index contributed by atoms with van der Waals surface area (Å²) >= 11 is 0. The molecule has 2 heterocycles. The quantitative estimate of drug-likeness (QED) is 0.908. The van der Waals surface area contributed by atoms with Crippen LogP contribution in [0, 0.1) is 0 Å². The molecule has 0 saturated carbocycles. The van der Waals surface area contributed by atoms with Crippen LogP contribution in [0.25, 0.3) is 11.1 Å². The van der Waals surface area contributed by atoms with Gasteiger partial charge in [-0.3, -0.25) is 0 Å². The van der Waals surface area contributed by atoms with Gasteiger partial charge < -0.3 is 19.7 Å². The van der Waals surface area contributed by atoms with E-state index in [-0.39, 0.29) is 6.10 Å². The van der Waals surface area contributed by atoms with E-state index in [1.807, 2.05) is 0 Å². The van der Waals surface area contributed by atoms with Crippen molar-refractivity contribution in [2.75, 3.05) is 38.8 Å². The standard InChI is InChI=1S/C22H28N2O2/c1-15(25-2)21-14-18(26-3)7-8-19(21)20-6-4-5-16-13-17-9-10-23-11-12-24(17)22(16)20/h4-8,14-15,17,23H,9-13H2,1-3H3. The Kier molecular flexibility index (Phi) is 4.88. The number of methoxy groups -OCH3 is 2. The molecule has 1 N–H and O–H groups in total. The minimum Gasteiger partial charge on any atom is -0.497 e. The summed E-state index contributed by atoms with van der Waals surface area (Å²) in [6.45, 7) is 5.33. The Morgan fingerprint density at radius 1 is 1.12 bits per heavy atom. The maximum Gasteiger partial charge on any atom is 0.119 e. The number of anilines is 1. The highest BCUT2D eigenvalue weighted by atomic mass is 16.5. The lowest BCUT2D eigenvalue weighted by Gasteiger charge is -2.27. The highest BCUT2D eigenvalue weighted by Crippen LogP contribution is 2.44. The molecule has 26 heavy (non-hydrogen) atoms. The Bertz CT molecular complexity index is 790. The third-order valence-electron chi connectivity index (χ3n) is 5.83. The van der Waals surface area contributed by atoms with Crippen molar-refractivity contribution in [3.8, 4) is 16.9 Å². The lowest BCUT2D eigenvalue weighted by atomic mass is 9.93. The van der Waals surface area contributed by atoms with Crippen LogP contribution in [-0.2, 0) is 11.2 Å². The third kappa shape index (κ3) is 2.97. The van der Waals surface area contributed by atoms with Crippen LogP contribution in [0.5, 0.6) is 5.75 Å². The first-order chi connectivity index (χ1) is 12.7. The van der Waals surface area contributed by atoms with Gasteiger partial charge >= 0.3 is 0 Å². The van der Waals surface area contributed by atoms with Crippen molar-refractivity contribution >= 4 is 5.69 Å². The molecule has 4 rings (SSSR count). The highest BCUT2D eigenvalue weighted by molar-refractivity contribution is 5.85. The van der Waals surface area contributed by atoms with E-state index in [0.29, 0.717) is 6.04 Å². The van der Waals surface area contributed by atoms with Gasteiger partial charge in [0.2, 0.25) is 0 Å². The molecule has 4 nitrogen and oxygen atoms in total. The SMILES string of the molecule is COc1ccc(-c2cccc3c2N2CCNCCC2C3)c(C(C)OC)c1. The lowest BCUT2D eigenvalue weighted by molar-refractivity contribution is 0.120. The largest absolute Gasteiger partial charge is 0.497 e. The molecule has 0 bridgehead atoms. The first-order valence-corrected chi connectivity index (χ1v) is 9.53. The van der Waals surface area contributed by atoms with Crippen molar-refractivity contribution in [2.24, 2.45) is 0 Å². The van der Waals surface area contributed by atoms with Crippen molar-refractivity contribution < 1.29 is 9.47 Å². The monoisotopic (exact) mass is 352 g/mol. The van der Waals surface area contributed by atoms with Gasteiger partial charge in [-0.2, -0.15) is 0 Å². The first-order valence-electron chi connectivity index (χ1n) is 9.53. The molecule has 0 aliphatic carbocycles. The summed E-state index contributed by atoms with van der Waals surface area (Å²) in [6.07, 6.45) is 2.37. The van der Waals surface area contributed by atoms with Crippen molar-refractivity contribution in [1.82, 2.24) is 5.32 Å². The molecule has 0 aromatic heterocycles. The molecule has 2 aliphatic heterocycles. The van der Waals surface area contributed by atoms with Gasteiger partial charge in [0.1, 0.15) is 5.75 Å². The van der Waals surface area contributed by atoms with Gasteiger partial charge in [-0.15, -0.1) is 0 Å². The summed E-state index contributed by atoms with van der Waals surface area (Å²) in [6, 6.07) is 13.7. The van der Waals surface area contributed by atoms with Gasteiger partial charge in [-0.1, -0.05) is 24.3 Å². The van der Waals surface area contributed by atoms with Gasteiger partial charge in [0.05, 0.1) is 13.2 Å². The molecule has 1 fully saturated rings. The van der Waals surface area contributed by atoms with E-state index >= 15 is 0 Å². The fraction of sp³-hybridized carbons (Fsp3) is 0.455. The number of benzene rings is 2. The predicted molar refractivity (Wildman–Crippen MR) is 106 cm³/mol. The molecule has 2 aliphatic rings. The van der Waals surface area contributed by atoms with Crippen molar-refractivity contribution in [1.29, 1.82) is 0 Å². The van der Waals surface area contributed by atoms with Gasteiger partial charge in [-0.25, -0.2) is 0 Å². The summed E-state index contributed by atoms with van der Waals surface area (Å²) in [5, 5.41) is 3.54. The maximum absolute atomic E-state index is 5.66. The average Bonchev–Trinajstić information content (AvgIpc) is 2.88. The van der Waals surface area contributed by atoms with Crippen LogP contribution >= 0.6 is 0 Å². The Morgan fingerprint density at radius 3 is 2.81 bits per heavy atom. The van der Waals surface area contributed by atoms with Crippen LogP contribution in [-0.4, -0.2) is 39.9 Å². The van der Waals surface area contributed by atoms with Crippen LogP contribution in [0.3, 0.4) is 0 Å². The molecule has 2 atom stereocenters. The van der Waals surface area contributed by atoms with Gasteiger partial charge in [0.25, 0.3) is 0 Å². The van der Waals surface area contributed by atoms with Gasteiger partial charge in [0.15, 0.2) is 0 Å². The number of hydrogen-bond donors (Lipinski definition) is 1. The minimum absolute atomic E-state index is 0.0129. The highest BCUT2D eigenvalue weighted by Gasteiger charge is 2.32. The van der Waals surface area contributed by atoms with E-state index in [4.69, 9.17) is 9.47 Å². The van der Waals surface area contributed by atoms with Crippen molar-refractivity contribution in [2.45, 2.75) is 31.9 Å². The number of hydrogen-bond acceptors (Lipinski definition) is 4. The Balaban J connectivity index is 1.85. The van der Waals surface area contributed by atoms with E-state index in [1.165, 1.54) is 34.4 Å². The summed E-state index contributed by atoms with van der Waals surface area (Å²) in [4.78, 5) is 2.62. The predicted octanol–water partition coefficient (Wildman–Crippen LogP) is 3.79. The van der Waals surface area contributed by atoms with E-state index < -0.39 is 0 Å². The average molecular weight is 352 g/mol. The third-order valence-corrected chi connectivity index (χ3v) is 5.83. The van der Waals surface area contributed by atoms with Crippen LogP contribution in [0.1, 0.15) is 30.6 Å². The van der Waals surface area contributed by atoms with Gasteiger partial charge in [-0.05, 0) is 55.1 Å². The van der Waals surface area contributed by atoms with E-state index in [2.05, 4.69) is 53.5 Å². The smallest absolute Gasteiger partial charge is 0.119 e. The number of fused-ring (bicyclic) bond motifs is 3. The second-order valence-corrected chi connectivity index (χ2v) is 7.23. The molecular weight excluding hydrogens is 324 g/mol. The van der Waals surface area contributed by atoms with Crippen LogP contribution in [0.2, 0.25) is 0 Å². The molecule has 0 amide bonds. The molecule has 1 saturated heterocycles. The van der Waals surface area contributed by atoms with Crippen LogP contribution < -0.4 is 15.0 Å². The summed E-state index contributed by atoms with van der Waals surface area (Å²) in [7, 11) is 3.48. The molecular formula is C22H28N2O2. The molecule has 2 unspecified atom stereocenters. The number of nitrogens with one attached hydrogen (secondary N) is 1. The first kappa shape index (κ1) is 17.4. The van der Waals surface area contributed by atoms with Crippen LogP contribution in [0.15, 0.2) is 36.4 Å². The zero-order valence-electron chi connectivity index (χ0n) is 15.9. The summed E-state index contributed by atoms with van der Waals surface area (Å²) in [5.41, 5.74) is 6.62. The van der Waals surface area contributed by atoms with E-state index in [0.717, 1.165) is 31.8 Å². The summed E-state index contributed by atoms with van der Waals surface area (Å²) < 4.78 is 11.1. The van der Waals surface area contributed by atoms with Crippen molar-refractivity contribution in [3.63, 3.8) is 0 Å². The molecule has 2 aromatic rings. The number of ether oxygens (including phenoxy) is 2.